The minimum absolute atomic E-state index is 0.0150. The van der Waals surface area contributed by atoms with Gasteiger partial charge >= 0.3 is 0 Å². The molecule has 0 saturated carbocycles. The fourth-order valence-electron chi connectivity index (χ4n) is 4.22. The Balaban J connectivity index is 1.46. The van der Waals surface area contributed by atoms with Crippen molar-refractivity contribution in [3.63, 3.8) is 0 Å². The highest BCUT2D eigenvalue weighted by molar-refractivity contribution is 7.91. The maximum absolute atomic E-state index is 12.1. The predicted molar refractivity (Wildman–Crippen MR) is 140 cm³/mol. The van der Waals surface area contributed by atoms with E-state index in [2.05, 4.69) is 0 Å². The Morgan fingerprint density at radius 2 is 2.00 bits per heavy atom. The lowest BCUT2D eigenvalue weighted by Gasteiger charge is -2.29. The lowest BCUT2D eigenvalue weighted by molar-refractivity contribution is 0.0498. The maximum atomic E-state index is 12.1. The zero-order valence-corrected chi connectivity index (χ0v) is 22.0. The molecule has 192 valence electrons. The monoisotopic (exact) mass is 551 g/mol. The summed E-state index contributed by atoms with van der Waals surface area (Å²) in [4.78, 5) is 13.5. The number of nitrogens with zero attached hydrogens (tertiary/aromatic N) is 1. The van der Waals surface area contributed by atoms with Gasteiger partial charge in [0.2, 0.25) is 0 Å². The van der Waals surface area contributed by atoms with Crippen LogP contribution in [-0.2, 0) is 16.4 Å². The number of carbonyl (C=O) groups is 1. The van der Waals surface area contributed by atoms with Crippen molar-refractivity contribution in [3.8, 4) is 17.1 Å². The van der Waals surface area contributed by atoms with Crippen molar-refractivity contribution in [3.05, 3.63) is 76.0 Å². The van der Waals surface area contributed by atoms with E-state index in [1.54, 1.807) is 54.6 Å². The third kappa shape index (κ3) is 6.89. The quantitative estimate of drug-likeness (QED) is 0.358. The van der Waals surface area contributed by atoms with Crippen molar-refractivity contribution < 1.29 is 27.5 Å². The molecule has 7 nitrogen and oxygen atoms in total. The number of ether oxygens (including phenoxy) is 1. The van der Waals surface area contributed by atoms with Gasteiger partial charge in [-0.15, -0.1) is 0 Å². The summed E-state index contributed by atoms with van der Waals surface area (Å²) < 4.78 is 36.0. The lowest BCUT2D eigenvalue weighted by Crippen LogP contribution is -2.42. The zero-order chi connectivity index (χ0) is 25.9. The number of sulfone groups is 1. The summed E-state index contributed by atoms with van der Waals surface area (Å²) in [5.41, 5.74) is 1.18. The van der Waals surface area contributed by atoms with Crippen LogP contribution in [0.15, 0.2) is 59.0 Å². The van der Waals surface area contributed by atoms with Crippen LogP contribution < -0.4 is 4.74 Å². The number of halogens is 2. The summed E-state index contributed by atoms with van der Waals surface area (Å²) in [6.07, 6.45) is -0.421. The summed E-state index contributed by atoms with van der Waals surface area (Å²) in [5, 5.41) is 11.8. The molecule has 0 aliphatic carbocycles. The molecule has 1 aromatic heterocycles. The molecule has 3 aromatic rings. The van der Waals surface area contributed by atoms with Gasteiger partial charge in [0.25, 0.3) is 0 Å². The molecule has 2 aromatic carbocycles. The summed E-state index contributed by atoms with van der Waals surface area (Å²) in [7, 11) is -3.13. The van der Waals surface area contributed by atoms with Crippen LogP contribution >= 0.6 is 23.2 Å². The van der Waals surface area contributed by atoms with Gasteiger partial charge in [-0.3, -0.25) is 9.69 Å². The second-order valence-electron chi connectivity index (χ2n) is 8.93. The first-order valence-electron chi connectivity index (χ1n) is 11.5. The number of ketones is 1. The highest BCUT2D eigenvalue weighted by Crippen LogP contribution is 2.32. The SMILES string of the molecule is CC(=O)c1cccc(OCC(O)CN(Cc2ccc(-c3cc(Cl)ccc3Cl)o2)C2CCS(=O)(=O)C2)c1. The summed E-state index contributed by atoms with van der Waals surface area (Å²) >= 11 is 12.4. The van der Waals surface area contributed by atoms with Crippen LogP contribution in [0.25, 0.3) is 11.3 Å². The molecule has 0 amide bonds. The lowest BCUT2D eigenvalue weighted by atomic mass is 10.1. The number of aliphatic hydroxyl groups excluding tert-OH is 1. The van der Waals surface area contributed by atoms with Crippen molar-refractivity contribution in [1.82, 2.24) is 4.90 Å². The van der Waals surface area contributed by atoms with Crippen molar-refractivity contribution in [2.24, 2.45) is 0 Å². The van der Waals surface area contributed by atoms with E-state index in [0.29, 0.717) is 51.4 Å². The number of rotatable bonds is 10. The molecule has 2 unspecified atom stereocenters. The fraction of sp³-hybridized carbons (Fsp3) is 0.346. The van der Waals surface area contributed by atoms with E-state index in [1.165, 1.54) is 6.92 Å². The predicted octanol–water partition coefficient (Wildman–Crippen LogP) is 4.89. The number of furan rings is 1. The molecule has 1 aliphatic heterocycles. The molecule has 36 heavy (non-hydrogen) atoms. The van der Waals surface area contributed by atoms with Gasteiger partial charge in [-0.1, -0.05) is 35.3 Å². The normalized spacial score (nSPS) is 17.9. The van der Waals surface area contributed by atoms with E-state index in [1.807, 2.05) is 4.90 Å². The van der Waals surface area contributed by atoms with E-state index in [4.69, 9.17) is 32.4 Å². The fourth-order valence-corrected chi connectivity index (χ4v) is 6.37. The highest BCUT2D eigenvalue weighted by atomic mass is 35.5. The molecular weight excluding hydrogens is 525 g/mol. The van der Waals surface area contributed by atoms with Crippen LogP contribution in [0.3, 0.4) is 0 Å². The van der Waals surface area contributed by atoms with Crippen molar-refractivity contribution in [2.75, 3.05) is 24.7 Å². The highest BCUT2D eigenvalue weighted by Gasteiger charge is 2.33. The molecule has 1 fully saturated rings. The second kappa shape index (κ2) is 11.4. The van der Waals surface area contributed by atoms with Crippen LogP contribution in [-0.4, -0.2) is 61.0 Å². The first-order chi connectivity index (χ1) is 17.1. The molecule has 0 radical (unpaired) electrons. The Morgan fingerprint density at radius 1 is 1.19 bits per heavy atom. The van der Waals surface area contributed by atoms with Gasteiger partial charge in [0.05, 0.1) is 23.1 Å². The average Bonchev–Trinajstić information content (AvgIpc) is 3.45. The zero-order valence-electron chi connectivity index (χ0n) is 19.7. The molecule has 1 N–H and O–H groups in total. The largest absolute Gasteiger partial charge is 0.491 e. The molecule has 0 bridgehead atoms. The van der Waals surface area contributed by atoms with Crippen molar-refractivity contribution >= 4 is 38.8 Å². The number of Topliss-reactive ketones (excluding diaryl/α,β-unsaturated/α-hetero) is 1. The number of carbonyl (C=O) groups excluding carboxylic acids is 1. The van der Waals surface area contributed by atoms with Crippen LogP contribution in [0.4, 0.5) is 0 Å². The summed E-state index contributed by atoms with van der Waals surface area (Å²) in [6.45, 7) is 1.94. The molecule has 4 rings (SSSR count). The third-order valence-electron chi connectivity index (χ3n) is 6.07. The van der Waals surface area contributed by atoms with Gasteiger partial charge in [0, 0.05) is 28.7 Å². The Labute approximate surface area is 220 Å². The topological polar surface area (TPSA) is 97.1 Å². The molecule has 2 atom stereocenters. The van der Waals surface area contributed by atoms with Gasteiger partial charge in [-0.2, -0.15) is 0 Å². The van der Waals surface area contributed by atoms with Gasteiger partial charge in [-0.05, 0) is 55.8 Å². The van der Waals surface area contributed by atoms with Gasteiger partial charge in [0.1, 0.15) is 30.0 Å². The van der Waals surface area contributed by atoms with Crippen LogP contribution in [0.5, 0.6) is 5.75 Å². The van der Waals surface area contributed by atoms with Crippen LogP contribution in [0.2, 0.25) is 10.0 Å². The number of aliphatic hydroxyl groups is 1. The second-order valence-corrected chi connectivity index (χ2v) is 12.0. The Bertz CT molecular complexity index is 1340. The molecule has 1 aliphatic rings. The third-order valence-corrected chi connectivity index (χ3v) is 8.38. The number of hydrogen-bond donors (Lipinski definition) is 1. The van der Waals surface area contributed by atoms with E-state index < -0.39 is 15.9 Å². The molecule has 1 saturated heterocycles. The number of benzene rings is 2. The smallest absolute Gasteiger partial charge is 0.159 e. The van der Waals surface area contributed by atoms with E-state index in [9.17, 15) is 18.3 Å². The van der Waals surface area contributed by atoms with Gasteiger partial charge in [-0.25, -0.2) is 8.42 Å². The minimum atomic E-state index is -3.13. The van der Waals surface area contributed by atoms with Crippen LogP contribution in [0.1, 0.15) is 29.5 Å². The summed E-state index contributed by atoms with van der Waals surface area (Å²) in [5.74, 6) is 1.69. The van der Waals surface area contributed by atoms with E-state index in [-0.39, 0.29) is 36.5 Å². The summed E-state index contributed by atoms with van der Waals surface area (Å²) in [6, 6.07) is 15.2. The maximum Gasteiger partial charge on any atom is 0.159 e. The molecule has 10 heteroatoms. The first kappa shape index (κ1) is 26.7. The Kier molecular flexibility index (Phi) is 8.42. The number of hydrogen-bond acceptors (Lipinski definition) is 7. The van der Waals surface area contributed by atoms with E-state index in [0.717, 1.165) is 0 Å². The molecule has 2 heterocycles. The molecular formula is C26H27Cl2NO6S. The average molecular weight is 552 g/mol. The minimum Gasteiger partial charge on any atom is -0.491 e. The van der Waals surface area contributed by atoms with Gasteiger partial charge < -0.3 is 14.3 Å². The van der Waals surface area contributed by atoms with Crippen molar-refractivity contribution in [1.29, 1.82) is 0 Å². The van der Waals surface area contributed by atoms with Crippen LogP contribution in [0, 0.1) is 0 Å². The van der Waals surface area contributed by atoms with Crippen molar-refractivity contribution in [2.45, 2.75) is 32.0 Å². The first-order valence-corrected chi connectivity index (χ1v) is 14.1. The van der Waals surface area contributed by atoms with Gasteiger partial charge in [0.15, 0.2) is 15.6 Å². The standard InChI is InChI=1S/C26H27Cl2NO6S/c1-17(30)18-3-2-4-22(11-18)34-15-21(31)13-29(20-9-10-36(32,33)16-20)14-23-6-8-26(35-23)24-12-19(27)5-7-25(24)28/h2-8,11-12,20-21,31H,9-10,13-16H2,1H3. The van der Waals surface area contributed by atoms with E-state index >= 15 is 0 Å². The Hall–Kier alpha value is -2.36. The molecule has 0 spiro atoms. The Morgan fingerprint density at radius 3 is 2.72 bits per heavy atom.